The molecule has 0 aliphatic carbocycles. The topological polar surface area (TPSA) is 64.8 Å². The zero-order valence-electron chi connectivity index (χ0n) is 11.6. The fraction of sp³-hybridized carbons (Fsp3) is 0.643. The lowest BCUT2D eigenvalue weighted by Gasteiger charge is -2.33. The minimum atomic E-state index is 0.318. The van der Waals surface area contributed by atoms with Gasteiger partial charge >= 0.3 is 0 Å². The van der Waals surface area contributed by atoms with Gasteiger partial charge in [-0.1, -0.05) is 0 Å². The fourth-order valence-corrected chi connectivity index (χ4v) is 2.51. The maximum absolute atomic E-state index is 9.20. The minimum Gasteiger partial charge on any atom is -0.351 e. The first-order valence-corrected chi connectivity index (χ1v) is 6.91. The number of rotatable bonds is 4. The van der Waals surface area contributed by atoms with Crippen molar-refractivity contribution in [1.82, 2.24) is 15.5 Å². The molecule has 0 atom stereocenters. The van der Waals surface area contributed by atoms with Crippen molar-refractivity contribution in [2.45, 2.75) is 32.7 Å². The molecule has 0 bridgehead atoms. The van der Waals surface area contributed by atoms with Crippen molar-refractivity contribution in [3.8, 4) is 6.07 Å². The Hall–Kier alpha value is -1.67. The first-order chi connectivity index (χ1) is 9.22. The molecular weight excluding hydrogens is 238 g/mol. The van der Waals surface area contributed by atoms with Crippen LogP contribution in [0.25, 0.3) is 0 Å². The predicted octanol–water partition coefficient (Wildman–Crippen LogP) is 1.56. The third kappa shape index (κ3) is 3.42. The summed E-state index contributed by atoms with van der Waals surface area (Å²) in [6.45, 7) is 7.39. The van der Waals surface area contributed by atoms with Crippen molar-refractivity contribution in [2.75, 3.05) is 24.5 Å². The zero-order chi connectivity index (χ0) is 13.7. The monoisotopic (exact) mass is 259 g/mol. The van der Waals surface area contributed by atoms with Crippen LogP contribution >= 0.6 is 0 Å². The van der Waals surface area contributed by atoms with E-state index < -0.39 is 0 Å². The number of aromatic nitrogens is 2. The quantitative estimate of drug-likeness (QED) is 0.889. The molecule has 5 heteroatoms. The highest BCUT2D eigenvalue weighted by Crippen LogP contribution is 2.22. The fourth-order valence-electron chi connectivity index (χ4n) is 2.51. The SMILES string of the molecule is CC(C)N(CC1CCNCC1)c1nnccc1C#N. The number of anilines is 1. The lowest BCUT2D eigenvalue weighted by atomic mass is 9.97. The third-order valence-electron chi connectivity index (χ3n) is 3.63. The molecule has 1 aromatic rings. The van der Waals surface area contributed by atoms with Crippen LogP contribution in [0.5, 0.6) is 0 Å². The van der Waals surface area contributed by atoms with Gasteiger partial charge in [-0.3, -0.25) is 0 Å². The Kier molecular flexibility index (Phi) is 4.69. The molecule has 1 aliphatic heterocycles. The molecule has 0 spiro atoms. The summed E-state index contributed by atoms with van der Waals surface area (Å²) in [5.41, 5.74) is 0.609. The second-order valence-corrected chi connectivity index (χ2v) is 5.32. The summed E-state index contributed by atoms with van der Waals surface area (Å²) in [6.07, 6.45) is 3.95. The highest BCUT2D eigenvalue weighted by molar-refractivity contribution is 5.53. The second-order valence-electron chi connectivity index (χ2n) is 5.32. The van der Waals surface area contributed by atoms with E-state index in [2.05, 4.69) is 40.3 Å². The Morgan fingerprint density at radius 3 is 2.84 bits per heavy atom. The molecule has 1 fully saturated rings. The number of nitrogens with one attached hydrogen (secondary N) is 1. The summed E-state index contributed by atoms with van der Waals surface area (Å²) < 4.78 is 0. The van der Waals surface area contributed by atoms with Crippen LogP contribution in [0.3, 0.4) is 0 Å². The summed E-state index contributed by atoms with van der Waals surface area (Å²) in [7, 11) is 0. The Bertz CT molecular complexity index is 445. The van der Waals surface area contributed by atoms with Crippen LogP contribution in [0.1, 0.15) is 32.3 Å². The molecule has 0 unspecified atom stereocenters. The molecule has 0 saturated carbocycles. The summed E-state index contributed by atoms with van der Waals surface area (Å²) in [4.78, 5) is 2.21. The van der Waals surface area contributed by atoms with Crippen LogP contribution in [0.2, 0.25) is 0 Å². The third-order valence-corrected chi connectivity index (χ3v) is 3.63. The van der Waals surface area contributed by atoms with Gasteiger partial charge in [-0.15, -0.1) is 5.10 Å². The highest BCUT2D eigenvalue weighted by Gasteiger charge is 2.22. The van der Waals surface area contributed by atoms with E-state index >= 15 is 0 Å². The smallest absolute Gasteiger partial charge is 0.169 e. The second kappa shape index (κ2) is 6.48. The number of hydrogen-bond donors (Lipinski definition) is 1. The highest BCUT2D eigenvalue weighted by atomic mass is 15.3. The maximum atomic E-state index is 9.20. The van der Waals surface area contributed by atoms with E-state index in [1.54, 1.807) is 12.3 Å². The summed E-state index contributed by atoms with van der Waals surface area (Å²) in [6, 6.07) is 4.27. The van der Waals surface area contributed by atoms with E-state index in [1.807, 2.05) is 0 Å². The van der Waals surface area contributed by atoms with Gasteiger partial charge in [0.1, 0.15) is 6.07 Å². The van der Waals surface area contributed by atoms with Gasteiger partial charge in [-0.2, -0.15) is 10.4 Å². The van der Waals surface area contributed by atoms with E-state index in [1.165, 1.54) is 12.8 Å². The normalized spacial score (nSPS) is 16.3. The van der Waals surface area contributed by atoms with Crippen molar-refractivity contribution in [3.05, 3.63) is 17.8 Å². The van der Waals surface area contributed by atoms with Gasteiger partial charge < -0.3 is 10.2 Å². The largest absolute Gasteiger partial charge is 0.351 e. The Morgan fingerprint density at radius 2 is 2.21 bits per heavy atom. The van der Waals surface area contributed by atoms with E-state index in [9.17, 15) is 5.26 Å². The van der Waals surface area contributed by atoms with Gasteiger partial charge in [0.25, 0.3) is 0 Å². The molecule has 0 radical (unpaired) electrons. The molecule has 0 aromatic carbocycles. The van der Waals surface area contributed by atoms with Gasteiger partial charge in [0, 0.05) is 12.6 Å². The number of hydrogen-bond acceptors (Lipinski definition) is 5. The first kappa shape index (κ1) is 13.8. The van der Waals surface area contributed by atoms with Crippen molar-refractivity contribution in [1.29, 1.82) is 5.26 Å². The van der Waals surface area contributed by atoms with Gasteiger partial charge in [0.15, 0.2) is 5.82 Å². The van der Waals surface area contributed by atoms with Gasteiger partial charge in [-0.05, 0) is 51.8 Å². The summed E-state index contributed by atoms with van der Waals surface area (Å²) >= 11 is 0. The van der Waals surface area contributed by atoms with Crippen LogP contribution in [-0.4, -0.2) is 35.9 Å². The molecule has 1 saturated heterocycles. The van der Waals surface area contributed by atoms with Crippen LogP contribution < -0.4 is 10.2 Å². The average molecular weight is 259 g/mol. The molecule has 2 rings (SSSR count). The number of nitrogens with zero attached hydrogens (tertiary/aromatic N) is 4. The summed E-state index contributed by atoms with van der Waals surface area (Å²) in [5, 5.41) is 20.7. The first-order valence-electron chi connectivity index (χ1n) is 6.91. The number of piperidine rings is 1. The molecule has 2 heterocycles. The van der Waals surface area contributed by atoms with Crippen LogP contribution in [-0.2, 0) is 0 Å². The van der Waals surface area contributed by atoms with Gasteiger partial charge in [-0.25, -0.2) is 0 Å². The minimum absolute atomic E-state index is 0.318. The maximum Gasteiger partial charge on any atom is 0.169 e. The Morgan fingerprint density at radius 1 is 1.47 bits per heavy atom. The van der Waals surface area contributed by atoms with E-state index in [0.717, 1.165) is 25.5 Å². The molecule has 0 amide bonds. The lowest BCUT2D eigenvalue weighted by molar-refractivity contribution is 0.366. The van der Waals surface area contributed by atoms with Crippen molar-refractivity contribution in [2.24, 2.45) is 5.92 Å². The van der Waals surface area contributed by atoms with Crippen molar-refractivity contribution >= 4 is 5.82 Å². The summed E-state index contributed by atoms with van der Waals surface area (Å²) in [5.74, 6) is 1.38. The Labute approximate surface area is 114 Å². The molecule has 1 aliphatic rings. The van der Waals surface area contributed by atoms with Crippen LogP contribution in [0, 0.1) is 17.2 Å². The van der Waals surface area contributed by atoms with Gasteiger partial charge in [0.2, 0.25) is 0 Å². The van der Waals surface area contributed by atoms with Gasteiger partial charge in [0.05, 0.1) is 11.8 Å². The Balaban J connectivity index is 2.17. The molecule has 1 N–H and O–H groups in total. The van der Waals surface area contributed by atoms with Crippen LogP contribution in [0.15, 0.2) is 12.3 Å². The lowest BCUT2D eigenvalue weighted by Crippen LogP contribution is -2.40. The molecule has 1 aromatic heterocycles. The van der Waals surface area contributed by atoms with E-state index in [0.29, 0.717) is 17.5 Å². The molecule has 102 valence electrons. The van der Waals surface area contributed by atoms with E-state index in [-0.39, 0.29) is 0 Å². The average Bonchev–Trinajstić information content (AvgIpc) is 2.45. The zero-order valence-corrected chi connectivity index (χ0v) is 11.6. The van der Waals surface area contributed by atoms with Crippen LogP contribution in [0.4, 0.5) is 5.82 Å². The molecule has 19 heavy (non-hydrogen) atoms. The van der Waals surface area contributed by atoms with E-state index in [4.69, 9.17) is 0 Å². The predicted molar refractivity (Wildman–Crippen MR) is 74.8 cm³/mol. The molecule has 5 nitrogen and oxygen atoms in total. The van der Waals surface area contributed by atoms with Crippen molar-refractivity contribution in [3.63, 3.8) is 0 Å². The molecular formula is C14H21N5. The number of nitriles is 1. The van der Waals surface area contributed by atoms with Crippen molar-refractivity contribution < 1.29 is 0 Å². The standard InChI is InChI=1S/C14H21N5/c1-11(2)19(10-12-3-6-16-7-4-12)14-13(9-15)5-8-17-18-14/h5,8,11-12,16H,3-4,6-7,10H2,1-2H3.